The van der Waals surface area contributed by atoms with Gasteiger partial charge in [0.1, 0.15) is 11.5 Å². The molecular weight excluding hydrogens is 234 g/mol. The van der Waals surface area contributed by atoms with Crippen LogP contribution in [-0.4, -0.2) is 7.05 Å². The minimum atomic E-state index is 0.265. The summed E-state index contributed by atoms with van der Waals surface area (Å²) in [5, 5.41) is 3.25. The molecule has 0 amide bonds. The highest BCUT2D eigenvalue weighted by Gasteiger charge is 2.11. The van der Waals surface area contributed by atoms with Crippen LogP contribution in [0.5, 0.6) is 11.5 Å². The van der Waals surface area contributed by atoms with Gasteiger partial charge in [-0.1, -0.05) is 30.3 Å². The van der Waals surface area contributed by atoms with Crippen molar-refractivity contribution in [2.24, 2.45) is 0 Å². The van der Waals surface area contributed by atoms with Crippen LogP contribution in [0.2, 0.25) is 0 Å². The highest BCUT2D eigenvalue weighted by Crippen LogP contribution is 2.31. The van der Waals surface area contributed by atoms with E-state index >= 15 is 0 Å². The van der Waals surface area contributed by atoms with Gasteiger partial charge < -0.3 is 10.1 Å². The summed E-state index contributed by atoms with van der Waals surface area (Å²) in [6.07, 6.45) is 0. The van der Waals surface area contributed by atoms with Crippen molar-refractivity contribution >= 4 is 0 Å². The Labute approximate surface area is 115 Å². The Kier molecular flexibility index (Phi) is 4.23. The largest absolute Gasteiger partial charge is 0.457 e. The van der Waals surface area contributed by atoms with Gasteiger partial charge in [0.2, 0.25) is 0 Å². The lowest BCUT2D eigenvalue weighted by Crippen LogP contribution is -2.13. The van der Waals surface area contributed by atoms with Crippen LogP contribution < -0.4 is 10.1 Å². The highest BCUT2D eigenvalue weighted by atomic mass is 16.5. The Bertz CT molecular complexity index is 563. The summed E-state index contributed by atoms with van der Waals surface area (Å²) in [5.41, 5.74) is 3.53. The van der Waals surface area contributed by atoms with Crippen molar-refractivity contribution in [2.75, 3.05) is 7.05 Å². The maximum absolute atomic E-state index is 6.10. The van der Waals surface area contributed by atoms with Gasteiger partial charge in [-0.2, -0.15) is 0 Å². The number of nitrogens with one attached hydrogen (secondary N) is 1. The molecular formula is C17H21NO. The fourth-order valence-corrected chi connectivity index (χ4v) is 2.02. The van der Waals surface area contributed by atoms with E-state index in [0.29, 0.717) is 0 Å². The van der Waals surface area contributed by atoms with Gasteiger partial charge in [-0.3, -0.25) is 0 Å². The molecule has 2 nitrogen and oxygen atoms in total. The Morgan fingerprint density at radius 2 is 1.74 bits per heavy atom. The third-order valence-electron chi connectivity index (χ3n) is 3.38. The van der Waals surface area contributed by atoms with Crippen LogP contribution in [0.25, 0.3) is 0 Å². The van der Waals surface area contributed by atoms with E-state index in [1.54, 1.807) is 0 Å². The second-order valence-corrected chi connectivity index (χ2v) is 4.92. The fraction of sp³-hybridized carbons (Fsp3) is 0.294. The zero-order valence-electron chi connectivity index (χ0n) is 12.0. The van der Waals surface area contributed by atoms with E-state index in [1.165, 1.54) is 11.1 Å². The maximum Gasteiger partial charge on any atom is 0.132 e. The Balaban J connectivity index is 2.35. The van der Waals surface area contributed by atoms with Crippen molar-refractivity contribution in [3.8, 4) is 11.5 Å². The van der Waals surface area contributed by atoms with Gasteiger partial charge >= 0.3 is 0 Å². The third-order valence-corrected chi connectivity index (χ3v) is 3.38. The molecule has 0 bridgehead atoms. The van der Waals surface area contributed by atoms with Crippen LogP contribution in [0.3, 0.4) is 0 Å². The molecule has 2 heteroatoms. The molecule has 1 unspecified atom stereocenters. The van der Waals surface area contributed by atoms with E-state index in [9.17, 15) is 0 Å². The quantitative estimate of drug-likeness (QED) is 0.875. The molecule has 1 N–H and O–H groups in total. The van der Waals surface area contributed by atoms with Crippen LogP contribution in [0.4, 0.5) is 0 Å². The number of hydrogen-bond donors (Lipinski definition) is 1. The molecule has 19 heavy (non-hydrogen) atoms. The molecule has 0 aliphatic rings. The number of rotatable bonds is 4. The molecule has 0 saturated carbocycles. The van der Waals surface area contributed by atoms with Crippen molar-refractivity contribution < 1.29 is 4.74 Å². The van der Waals surface area contributed by atoms with Crippen LogP contribution >= 0.6 is 0 Å². The van der Waals surface area contributed by atoms with Gasteiger partial charge in [-0.05, 0) is 51.1 Å². The molecule has 0 aliphatic carbocycles. The summed E-state index contributed by atoms with van der Waals surface area (Å²) < 4.78 is 6.10. The molecule has 0 heterocycles. The highest BCUT2D eigenvalue weighted by molar-refractivity contribution is 5.43. The van der Waals surface area contributed by atoms with Crippen molar-refractivity contribution in [1.82, 2.24) is 5.32 Å². The number of para-hydroxylation sites is 1. The number of ether oxygens (including phenoxy) is 1. The van der Waals surface area contributed by atoms with Crippen molar-refractivity contribution in [3.05, 3.63) is 59.2 Å². The second kappa shape index (κ2) is 5.89. The minimum absolute atomic E-state index is 0.265. The summed E-state index contributed by atoms with van der Waals surface area (Å²) in [6, 6.07) is 14.7. The molecule has 2 rings (SSSR count). The first-order chi connectivity index (χ1) is 9.11. The lowest BCUT2D eigenvalue weighted by atomic mass is 10.1. The van der Waals surface area contributed by atoms with Crippen molar-refractivity contribution in [2.45, 2.75) is 26.8 Å². The minimum Gasteiger partial charge on any atom is -0.457 e. The van der Waals surface area contributed by atoms with E-state index in [1.807, 2.05) is 25.2 Å². The SMILES string of the molecule is CNC(C)c1ccccc1Oc1cc(C)ccc1C. The average Bonchev–Trinajstić information content (AvgIpc) is 2.42. The smallest absolute Gasteiger partial charge is 0.132 e. The predicted octanol–water partition coefficient (Wildman–Crippen LogP) is 4.38. The standard InChI is InChI=1S/C17H21NO/c1-12-9-10-13(2)17(11-12)19-16-8-6-5-7-15(16)14(3)18-4/h5-11,14,18H,1-4H3. The number of aryl methyl sites for hydroxylation is 2. The van der Waals surface area contributed by atoms with Crippen LogP contribution in [0.1, 0.15) is 29.7 Å². The molecule has 1 atom stereocenters. The molecule has 0 aliphatic heterocycles. The summed E-state index contributed by atoms with van der Waals surface area (Å²) in [5.74, 6) is 1.84. The predicted molar refractivity (Wildman–Crippen MR) is 79.9 cm³/mol. The van der Waals surface area contributed by atoms with Crippen molar-refractivity contribution in [3.63, 3.8) is 0 Å². The van der Waals surface area contributed by atoms with Crippen LogP contribution in [0, 0.1) is 13.8 Å². The molecule has 0 spiro atoms. The lowest BCUT2D eigenvalue weighted by Gasteiger charge is -2.17. The molecule has 2 aromatic carbocycles. The lowest BCUT2D eigenvalue weighted by molar-refractivity contribution is 0.463. The number of benzene rings is 2. The zero-order chi connectivity index (χ0) is 13.8. The normalized spacial score (nSPS) is 12.2. The first-order valence-corrected chi connectivity index (χ1v) is 6.63. The van der Waals surface area contributed by atoms with E-state index < -0.39 is 0 Å². The summed E-state index contributed by atoms with van der Waals surface area (Å²) in [4.78, 5) is 0. The zero-order valence-corrected chi connectivity index (χ0v) is 12.0. The molecule has 2 aromatic rings. The number of hydrogen-bond acceptors (Lipinski definition) is 2. The topological polar surface area (TPSA) is 21.3 Å². The molecule has 0 saturated heterocycles. The summed E-state index contributed by atoms with van der Waals surface area (Å²) in [6.45, 7) is 6.28. The molecule has 100 valence electrons. The van der Waals surface area contributed by atoms with E-state index in [-0.39, 0.29) is 6.04 Å². The van der Waals surface area contributed by atoms with Gasteiger partial charge in [0.05, 0.1) is 0 Å². The van der Waals surface area contributed by atoms with Gasteiger partial charge in [-0.15, -0.1) is 0 Å². The monoisotopic (exact) mass is 255 g/mol. The first kappa shape index (κ1) is 13.6. The van der Waals surface area contributed by atoms with Crippen LogP contribution in [0.15, 0.2) is 42.5 Å². The summed E-state index contributed by atoms with van der Waals surface area (Å²) >= 11 is 0. The maximum atomic E-state index is 6.10. The van der Waals surface area contributed by atoms with Gasteiger partial charge in [0.25, 0.3) is 0 Å². The second-order valence-electron chi connectivity index (χ2n) is 4.92. The molecule has 0 fully saturated rings. The Morgan fingerprint density at radius 3 is 2.47 bits per heavy atom. The average molecular weight is 255 g/mol. The molecule has 0 radical (unpaired) electrons. The fourth-order valence-electron chi connectivity index (χ4n) is 2.02. The van der Waals surface area contributed by atoms with E-state index in [2.05, 4.69) is 50.4 Å². The van der Waals surface area contributed by atoms with E-state index in [4.69, 9.17) is 4.74 Å². The Hall–Kier alpha value is -1.80. The van der Waals surface area contributed by atoms with Gasteiger partial charge in [0, 0.05) is 11.6 Å². The van der Waals surface area contributed by atoms with Gasteiger partial charge in [-0.25, -0.2) is 0 Å². The third kappa shape index (κ3) is 3.15. The first-order valence-electron chi connectivity index (χ1n) is 6.63. The van der Waals surface area contributed by atoms with Crippen LogP contribution in [-0.2, 0) is 0 Å². The van der Waals surface area contributed by atoms with Crippen molar-refractivity contribution in [1.29, 1.82) is 0 Å². The Morgan fingerprint density at radius 1 is 1.00 bits per heavy atom. The summed E-state index contributed by atoms with van der Waals surface area (Å²) in [7, 11) is 1.96. The molecule has 0 aromatic heterocycles. The van der Waals surface area contributed by atoms with Gasteiger partial charge in [0.15, 0.2) is 0 Å². The van der Waals surface area contributed by atoms with E-state index in [0.717, 1.165) is 17.1 Å².